The van der Waals surface area contributed by atoms with Crippen LogP contribution in [-0.4, -0.2) is 17.5 Å². The van der Waals surface area contributed by atoms with E-state index in [1.165, 1.54) is 23.4 Å². The lowest BCUT2D eigenvalue weighted by molar-refractivity contribution is 0.905. The van der Waals surface area contributed by atoms with E-state index < -0.39 is 0 Å². The molecule has 1 aromatic rings. The van der Waals surface area contributed by atoms with E-state index in [-0.39, 0.29) is 0 Å². The minimum Gasteiger partial charge on any atom is -0.384 e. The van der Waals surface area contributed by atoms with Gasteiger partial charge in [-0.05, 0) is 31.0 Å². The SMILES string of the molecule is CCC(C)SCCNc1cccc(C)c1. The Bertz CT molecular complexity index is 286. The van der Waals surface area contributed by atoms with Gasteiger partial charge in [-0.1, -0.05) is 26.0 Å². The lowest BCUT2D eigenvalue weighted by Crippen LogP contribution is -2.06. The average Bonchev–Trinajstić information content (AvgIpc) is 2.24. The third kappa shape index (κ3) is 5.12. The average molecular weight is 223 g/mol. The van der Waals surface area contributed by atoms with Crippen molar-refractivity contribution in [3.63, 3.8) is 0 Å². The maximum atomic E-state index is 3.44. The van der Waals surface area contributed by atoms with Crippen molar-refractivity contribution in [3.8, 4) is 0 Å². The molecule has 1 unspecified atom stereocenters. The Kier molecular flexibility index (Phi) is 5.62. The van der Waals surface area contributed by atoms with Gasteiger partial charge in [0.15, 0.2) is 0 Å². The molecule has 0 aliphatic rings. The topological polar surface area (TPSA) is 12.0 Å². The summed E-state index contributed by atoms with van der Waals surface area (Å²) < 4.78 is 0. The fraction of sp³-hybridized carbons (Fsp3) is 0.538. The monoisotopic (exact) mass is 223 g/mol. The smallest absolute Gasteiger partial charge is 0.0343 e. The van der Waals surface area contributed by atoms with Crippen molar-refractivity contribution in [1.29, 1.82) is 0 Å². The van der Waals surface area contributed by atoms with Crippen LogP contribution in [0.3, 0.4) is 0 Å². The van der Waals surface area contributed by atoms with E-state index in [9.17, 15) is 0 Å². The molecule has 0 spiro atoms. The molecule has 0 fully saturated rings. The van der Waals surface area contributed by atoms with Crippen LogP contribution in [0.2, 0.25) is 0 Å². The van der Waals surface area contributed by atoms with E-state index in [0.29, 0.717) is 0 Å². The van der Waals surface area contributed by atoms with Crippen molar-refractivity contribution in [2.45, 2.75) is 32.4 Å². The summed E-state index contributed by atoms with van der Waals surface area (Å²) in [5, 5.41) is 4.23. The maximum absolute atomic E-state index is 3.44. The van der Waals surface area contributed by atoms with Crippen molar-refractivity contribution < 1.29 is 0 Å². The summed E-state index contributed by atoms with van der Waals surface area (Å²) in [5.74, 6) is 1.18. The van der Waals surface area contributed by atoms with Crippen molar-refractivity contribution in [2.75, 3.05) is 17.6 Å². The van der Waals surface area contributed by atoms with Crippen molar-refractivity contribution in [1.82, 2.24) is 0 Å². The van der Waals surface area contributed by atoms with Crippen LogP contribution in [0.15, 0.2) is 24.3 Å². The Hall–Kier alpha value is -0.630. The molecular weight excluding hydrogens is 202 g/mol. The zero-order valence-electron chi connectivity index (χ0n) is 9.92. The summed E-state index contributed by atoms with van der Waals surface area (Å²) in [6, 6.07) is 8.54. The van der Waals surface area contributed by atoms with Gasteiger partial charge in [0, 0.05) is 23.2 Å². The van der Waals surface area contributed by atoms with Gasteiger partial charge in [0.05, 0.1) is 0 Å². The molecule has 0 saturated heterocycles. The highest BCUT2D eigenvalue weighted by Gasteiger charge is 1.98. The molecule has 0 aliphatic carbocycles. The van der Waals surface area contributed by atoms with E-state index >= 15 is 0 Å². The number of benzene rings is 1. The number of anilines is 1. The Morgan fingerprint density at radius 1 is 1.40 bits per heavy atom. The molecule has 2 heteroatoms. The third-order valence-corrected chi connectivity index (χ3v) is 3.77. The van der Waals surface area contributed by atoms with Gasteiger partial charge in [0.1, 0.15) is 0 Å². The van der Waals surface area contributed by atoms with Crippen LogP contribution >= 0.6 is 11.8 Å². The zero-order valence-corrected chi connectivity index (χ0v) is 10.7. The van der Waals surface area contributed by atoms with E-state index in [0.717, 1.165) is 11.8 Å². The molecule has 1 N–H and O–H groups in total. The van der Waals surface area contributed by atoms with E-state index in [4.69, 9.17) is 0 Å². The summed E-state index contributed by atoms with van der Waals surface area (Å²) in [6.07, 6.45) is 1.26. The number of hydrogen-bond acceptors (Lipinski definition) is 2. The highest BCUT2D eigenvalue weighted by molar-refractivity contribution is 7.99. The van der Waals surface area contributed by atoms with E-state index in [2.05, 4.69) is 50.4 Å². The largest absolute Gasteiger partial charge is 0.384 e. The standard InChI is InChI=1S/C13H21NS/c1-4-12(3)15-9-8-14-13-7-5-6-11(2)10-13/h5-7,10,12,14H,4,8-9H2,1-3H3. The summed E-state index contributed by atoms with van der Waals surface area (Å²) in [5.41, 5.74) is 2.55. The molecule has 0 aliphatic heterocycles. The fourth-order valence-corrected chi connectivity index (χ4v) is 2.19. The summed E-state index contributed by atoms with van der Waals surface area (Å²) in [6.45, 7) is 7.71. The molecule has 1 atom stereocenters. The number of aryl methyl sites for hydroxylation is 1. The minimum atomic E-state index is 0.782. The highest BCUT2D eigenvalue weighted by Crippen LogP contribution is 2.14. The van der Waals surface area contributed by atoms with Crippen LogP contribution in [0.4, 0.5) is 5.69 Å². The first kappa shape index (κ1) is 12.4. The van der Waals surface area contributed by atoms with Crippen LogP contribution < -0.4 is 5.32 Å². The highest BCUT2D eigenvalue weighted by atomic mass is 32.2. The van der Waals surface area contributed by atoms with E-state index in [1.807, 2.05) is 11.8 Å². The summed E-state index contributed by atoms with van der Waals surface area (Å²) in [4.78, 5) is 0. The molecule has 15 heavy (non-hydrogen) atoms. The van der Waals surface area contributed by atoms with Crippen molar-refractivity contribution in [3.05, 3.63) is 29.8 Å². The van der Waals surface area contributed by atoms with Crippen LogP contribution in [0.25, 0.3) is 0 Å². The number of thioether (sulfide) groups is 1. The second-order valence-electron chi connectivity index (χ2n) is 3.89. The predicted octanol–water partition coefficient (Wildman–Crippen LogP) is 3.94. The first-order valence-corrected chi connectivity index (χ1v) is 6.69. The second-order valence-corrected chi connectivity index (χ2v) is 5.43. The fourth-order valence-electron chi connectivity index (χ4n) is 1.33. The quantitative estimate of drug-likeness (QED) is 0.733. The maximum Gasteiger partial charge on any atom is 0.0343 e. The van der Waals surface area contributed by atoms with Crippen molar-refractivity contribution in [2.24, 2.45) is 0 Å². The van der Waals surface area contributed by atoms with Crippen LogP contribution in [0, 0.1) is 6.92 Å². The van der Waals surface area contributed by atoms with Crippen LogP contribution in [0.5, 0.6) is 0 Å². The Morgan fingerprint density at radius 2 is 2.20 bits per heavy atom. The molecule has 84 valence electrons. The zero-order chi connectivity index (χ0) is 11.1. The Balaban J connectivity index is 2.20. The normalized spacial score (nSPS) is 12.5. The Morgan fingerprint density at radius 3 is 2.87 bits per heavy atom. The van der Waals surface area contributed by atoms with Gasteiger partial charge in [-0.3, -0.25) is 0 Å². The molecular formula is C13H21NS. The second kappa shape index (κ2) is 6.78. The molecule has 1 aromatic carbocycles. The van der Waals surface area contributed by atoms with Gasteiger partial charge in [-0.2, -0.15) is 11.8 Å². The number of nitrogens with one attached hydrogen (secondary N) is 1. The molecule has 0 saturated carbocycles. The summed E-state index contributed by atoms with van der Waals surface area (Å²) >= 11 is 2.04. The summed E-state index contributed by atoms with van der Waals surface area (Å²) in [7, 11) is 0. The van der Waals surface area contributed by atoms with Gasteiger partial charge in [-0.25, -0.2) is 0 Å². The molecule has 0 heterocycles. The van der Waals surface area contributed by atoms with Gasteiger partial charge < -0.3 is 5.32 Å². The minimum absolute atomic E-state index is 0.782. The van der Waals surface area contributed by atoms with Crippen LogP contribution in [0.1, 0.15) is 25.8 Å². The van der Waals surface area contributed by atoms with Crippen LogP contribution in [-0.2, 0) is 0 Å². The first-order valence-electron chi connectivity index (χ1n) is 5.64. The lowest BCUT2D eigenvalue weighted by Gasteiger charge is -2.10. The van der Waals surface area contributed by atoms with Gasteiger partial charge in [0.25, 0.3) is 0 Å². The van der Waals surface area contributed by atoms with Crippen molar-refractivity contribution >= 4 is 17.4 Å². The molecule has 0 amide bonds. The molecule has 0 radical (unpaired) electrons. The van der Waals surface area contributed by atoms with E-state index in [1.54, 1.807) is 0 Å². The molecule has 1 rings (SSSR count). The number of hydrogen-bond donors (Lipinski definition) is 1. The number of rotatable bonds is 6. The Labute approximate surface area is 97.7 Å². The first-order chi connectivity index (χ1) is 7.22. The van der Waals surface area contributed by atoms with Gasteiger partial charge >= 0.3 is 0 Å². The van der Waals surface area contributed by atoms with Gasteiger partial charge in [-0.15, -0.1) is 0 Å². The molecule has 0 bridgehead atoms. The lowest BCUT2D eigenvalue weighted by atomic mass is 10.2. The molecule has 1 nitrogen and oxygen atoms in total. The predicted molar refractivity (Wildman–Crippen MR) is 71.9 cm³/mol. The molecule has 0 aromatic heterocycles. The van der Waals surface area contributed by atoms with Gasteiger partial charge in [0.2, 0.25) is 0 Å². The third-order valence-electron chi connectivity index (χ3n) is 2.43.